The van der Waals surface area contributed by atoms with Gasteiger partial charge >= 0.3 is 0 Å². The number of amides is 2. The standard InChI is InChI=1S/C29H38ClN3O3/c1-3-4-5-12-28(34)32(17-8-10-24-9-6-7-11-27(24)36-2)21-18-31-19-22-33(23-20-31)29(35)25-13-15-26(30)16-14-25/h6-11,13-16H,3-5,12,17-23H2,1-2H3/b10-8+. The largest absolute Gasteiger partial charge is 0.496 e. The van der Waals surface area contributed by atoms with Gasteiger partial charge in [0.15, 0.2) is 0 Å². The lowest BCUT2D eigenvalue weighted by atomic mass is 10.1. The molecule has 1 heterocycles. The van der Waals surface area contributed by atoms with E-state index >= 15 is 0 Å². The van der Waals surface area contributed by atoms with Crippen molar-refractivity contribution in [1.82, 2.24) is 14.7 Å². The summed E-state index contributed by atoms with van der Waals surface area (Å²) >= 11 is 5.95. The molecule has 7 heteroatoms. The SMILES string of the molecule is CCCCCC(=O)N(C/C=C/c1ccccc1OC)CCN1CCN(C(=O)c2ccc(Cl)cc2)CC1. The fourth-order valence-electron chi connectivity index (χ4n) is 4.32. The topological polar surface area (TPSA) is 53.1 Å². The molecule has 0 aliphatic carbocycles. The number of para-hydroxylation sites is 1. The van der Waals surface area contributed by atoms with E-state index in [1.807, 2.05) is 46.2 Å². The fraction of sp³-hybridized carbons (Fsp3) is 0.448. The summed E-state index contributed by atoms with van der Waals surface area (Å²) in [6.45, 7) is 7.15. The van der Waals surface area contributed by atoms with Crippen LogP contribution in [-0.2, 0) is 4.79 Å². The highest BCUT2D eigenvalue weighted by atomic mass is 35.5. The van der Waals surface area contributed by atoms with Gasteiger partial charge in [-0.2, -0.15) is 0 Å². The lowest BCUT2D eigenvalue weighted by Crippen LogP contribution is -2.50. The molecular formula is C29H38ClN3O3. The molecule has 0 aromatic heterocycles. The molecule has 1 fully saturated rings. The third-order valence-electron chi connectivity index (χ3n) is 6.55. The van der Waals surface area contributed by atoms with Gasteiger partial charge in [-0.05, 0) is 36.8 Å². The Morgan fingerprint density at radius 1 is 1.03 bits per heavy atom. The number of nitrogens with zero attached hydrogens (tertiary/aromatic N) is 3. The van der Waals surface area contributed by atoms with Crippen LogP contribution in [0, 0.1) is 0 Å². The average Bonchev–Trinajstić information content (AvgIpc) is 2.91. The fourth-order valence-corrected chi connectivity index (χ4v) is 4.45. The van der Waals surface area contributed by atoms with E-state index in [1.54, 1.807) is 31.4 Å². The molecule has 36 heavy (non-hydrogen) atoms. The Bertz CT molecular complexity index is 1000. The number of hydrogen-bond donors (Lipinski definition) is 0. The van der Waals surface area contributed by atoms with Crippen LogP contribution in [0.3, 0.4) is 0 Å². The van der Waals surface area contributed by atoms with Crippen LogP contribution in [0.1, 0.15) is 48.5 Å². The summed E-state index contributed by atoms with van der Waals surface area (Å²) in [4.78, 5) is 31.9. The van der Waals surface area contributed by atoms with Gasteiger partial charge < -0.3 is 14.5 Å². The van der Waals surface area contributed by atoms with Gasteiger partial charge in [0.2, 0.25) is 5.91 Å². The van der Waals surface area contributed by atoms with Crippen molar-refractivity contribution in [2.75, 3.05) is 52.9 Å². The Kier molecular flexibility index (Phi) is 11.3. The zero-order valence-corrected chi connectivity index (χ0v) is 22.3. The highest BCUT2D eigenvalue weighted by molar-refractivity contribution is 6.30. The molecule has 1 saturated heterocycles. The highest BCUT2D eigenvalue weighted by Gasteiger charge is 2.23. The zero-order chi connectivity index (χ0) is 25.8. The van der Waals surface area contributed by atoms with Crippen molar-refractivity contribution >= 4 is 29.5 Å². The van der Waals surface area contributed by atoms with Crippen LogP contribution in [-0.4, -0.2) is 79.4 Å². The number of halogens is 1. The van der Waals surface area contributed by atoms with Gasteiger partial charge in [0.1, 0.15) is 5.75 Å². The molecule has 0 atom stereocenters. The minimum absolute atomic E-state index is 0.0422. The number of hydrogen-bond acceptors (Lipinski definition) is 4. The van der Waals surface area contributed by atoms with Crippen molar-refractivity contribution in [3.8, 4) is 5.75 Å². The molecule has 0 unspecified atom stereocenters. The molecule has 6 nitrogen and oxygen atoms in total. The lowest BCUT2D eigenvalue weighted by Gasteiger charge is -2.36. The minimum Gasteiger partial charge on any atom is -0.496 e. The van der Waals surface area contributed by atoms with Crippen molar-refractivity contribution in [2.24, 2.45) is 0 Å². The minimum atomic E-state index is 0.0422. The number of piperazine rings is 1. The predicted octanol–water partition coefficient (Wildman–Crippen LogP) is 5.23. The normalized spacial score (nSPS) is 14.2. The van der Waals surface area contributed by atoms with Gasteiger partial charge in [-0.15, -0.1) is 0 Å². The van der Waals surface area contributed by atoms with Crippen molar-refractivity contribution in [3.63, 3.8) is 0 Å². The number of ether oxygens (including phenoxy) is 1. The van der Waals surface area contributed by atoms with Crippen molar-refractivity contribution in [3.05, 3.63) is 70.8 Å². The van der Waals surface area contributed by atoms with Crippen LogP contribution in [0.2, 0.25) is 5.02 Å². The predicted molar refractivity (Wildman–Crippen MR) is 147 cm³/mol. The number of carbonyl (C=O) groups is 2. The molecule has 2 aromatic carbocycles. The smallest absolute Gasteiger partial charge is 0.253 e. The lowest BCUT2D eigenvalue weighted by molar-refractivity contribution is -0.131. The van der Waals surface area contributed by atoms with Crippen molar-refractivity contribution < 1.29 is 14.3 Å². The summed E-state index contributed by atoms with van der Waals surface area (Å²) < 4.78 is 5.43. The molecule has 2 amide bonds. The van der Waals surface area contributed by atoms with E-state index < -0.39 is 0 Å². The first-order valence-electron chi connectivity index (χ1n) is 12.9. The van der Waals surface area contributed by atoms with E-state index in [0.29, 0.717) is 43.2 Å². The number of carbonyl (C=O) groups excluding carboxylic acids is 2. The molecule has 2 aromatic rings. The number of methoxy groups -OCH3 is 1. The summed E-state index contributed by atoms with van der Waals surface area (Å²) in [5, 5.41) is 0.628. The Balaban J connectivity index is 1.53. The van der Waals surface area contributed by atoms with Gasteiger partial charge in [-0.3, -0.25) is 14.5 Å². The maximum atomic E-state index is 13.0. The second-order valence-corrected chi connectivity index (χ2v) is 9.52. The van der Waals surface area contributed by atoms with E-state index in [1.165, 1.54) is 0 Å². The van der Waals surface area contributed by atoms with E-state index in [9.17, 15) is 9.59 Å². The second-order valence-electron chi connectivity index (χ2n) is 9.08. The summed E-state index contributed by atoms with van der Waals surface area (Å²) in [5.41, 5.74) is 1.67. The highest BCUT2D eigenvalue weighted by Crippen LogP contribution is 2.19. The van der Waals surface area contributed by atoms with E-state index in [-0.39, 0.29) is 11.8 Å². The second kappa shape index (κ2) is 14.7. The molecule has 194 valence electrons. The monoisotopic (exact) mass is 511 g/mol. The van der Waals surface area contributed by atoms with Gasteiger partial charge in [-0.1, -0.05) is 61.7 Å². The Labute approximate surface area is 220 Å². The number of unbranched alkanes of at least 4 members (excludes halogenated alkanes) is 2. The average molecular weight is 512 g/mol. The molecule has 0 saturated carbocycles. The molecule has 3 rings (SSSR count). The molecule has 1 aliphatic heterocycles. The van der Waals surface area contributed by atoms with Gasteiger partial charge in [0, 0.05) is 68.4 Å². The van der Waals surface area contributed by atoms with Crippen LogP contribution in [0.25, 0.3) is 6.08 Å². The summed E-state index contributed by atoms with van der Waals surface area (Å²) in [6, 6.07) is 14.9. The van der Waals surface area contributed by atoms with Crippen LogP contribution < -0.4 is 4.74 Å². The van der Waals surface area contributed by atoms with E-state index in [0.717, 1.165) is 50.2 Å². The Morgan fingerprint density at radius 2 is 1.75 bits per heavy atom. The molecule has 0 bridgehead atoms. The molecule has 0 radical (unpaired) electrons. The van der Waals surface area contributed by atoms with Gasteiger partial charge in [0.25, 0.3) is 5.91 Å². The maximum absolute atomic E-state index is 13.0. The zero-order valence-electron chi connectivity index (χ0n) is 21.5. The third kappa shape index (κ3) is 8.38. The summed E-state index contributed by atoms with van der Waals surface area (Å²) in [6.07, 6.45) is 7.73. The van der Waals surface area contributed by atoms with Crippen LogP contribution in [0.4, 0.5) is 0 Å². The molecular weight excluding hydrogens is 474 g/mol. The molecule has 1 aliphatic rings. The Morgan fingerprint density at radius 3 is 2.44 bits per heavy atom. The third-order valence-corrected chi connectivity index (χ3v) is 6.80. The van der Waals surface area contributed by atoms with E-state index in [4.69, 9.17) is 16.3 Å². The molecule has 0 N–H and O–H groups in total. The van der Waals surface area contributed by atoms with Crippen LogP contribution in [0.15, 0.2) is 54.6 Å². The number of rotatable bonds is 12. The maximum Gasteiger partial charge on any atom is 0.253 e. The summed E-state index contributed by atoms with van der Waals surface area (Å²) in [5.74, 6) is 1.06. The molecule has 0 spiro atoms. The van der Waals surface area contributed by atoms with Crippen molar-refractivity contribution in [2.45, 2.75) is 32.6 Å². The summed E-state index contributed by atoms with van der Waals surface area (Å²) in [7, 11) is 1.67. The van der Waals surface area contributed by atoms with Crippen molar-refractivity contribution in [1.29, 1.82) is 0 Å². The van der Waals surface area contributed by atoms with Crippen LogP contribution in [0.5, 0.6) is 5.75 Å². The first-order valence-corrected chi connectivity index (χ1v) is 13.2. The quantitative estimate of drug-likeness (QED) is 0.366. The van der Waals surface area contributed by atoms with E-state index in [2.05, 4.69) is 11.8 Å². The Hall–Kier alpha value is -2.83. The van der Waals surface area contributed by atoms with Gasteiger partial charge in [0.05, 0.1) is 7.11 Å². The van der Waals surface area contributed by atoms with Gasteiger partial charge in [-0.25, -0.2) is 0 Å². The van der Waals surface area contributed by atoms with Crippen LogP contribution >= 0.6 is 11.6 Å². The first kappa shape index (κ1) is 27.8. The number of benzene rings is 2. The first-order chi connectivity index (χ1) is 17.5.